The molecule has 0 bridgehead atoms. The van der Waals surface area contributed by atoms with Gasteiger partial charge in [-0.3, -0.25) is 0 Å². The van der Waals surface area contributed by atoms with Crippen LogP contribution in [0, 0.1) is 5.82 Å². The second kappa shape index (κ2) is 7.40. The second-order valence-electron chi connectivity index (χ2n) is 4.37. The fraction of sp³-hybridized carbons (Fsp3) is 0.188. The van der Waals surface area contributed by atoms with Crippen LogP contribution < -0.4 is 4.74 Å². The summed E-state index contributed by atoms with van der Waals surface area (Å²) in [5.41, 5.74) is 0.390. The van der Waals surface area contributed by atoms with Gasteiger partial charge in [0, 0.05) is 0 Å². The summed E-state index contributed by atoms with van der Waals surface area (Å²) >= 11 is 0. The lowest BCUT2D eigenvalue weighted by atomic mass is 10.1. The van der Waals surface area contributed by atoms with Gasteiger partial charge < -0.3 is 14.6 Å². The smallest absolute Gasteiger partial charge is 0.335 e. The molecule has 0 amide bonds. The van der Waals surface area contributed by atoms with Crippen LogP contribution >= 0.6 is 0 Å². The predicted octanol–water partition coefficient (Wildman–Crippen LogP) is 3.12. The maximum absolute atomic E-state index is 13.2. The summed E-state index contributed by atoms with van der Waals surface area (Å²) in [5, 5.41) is 8.84. The van der Waals surface area contributed by atoms with Gasteiger partial charge in [0.15, 0.2) is 0 Å². The lowest BCUT2D eigenvalue weighted by Crippen LogP contribution is -2.07. The van der Waals surface area contributed by atoms with Crippen LogP contribution in [-0.4, -0.2) is 24.3 Å². The lowest BCUT2D eigenvalue weighted by molar-refractivity contribution is 0.0694. The number of carboxylic acids is 1. The molecule has 110 valence electrons. The Hall–Kier alpha value is -2.40. The number of benzene rings is 2. The molecular weight excluding hydrogens is 275 g/mol. The number of hydrogen-bond donors (Lipinski definition) is 1. The van der Waals surface area contributed by atoms with E-state index in [4.69, 9.17) is 14.6 Å². The Kier molecular flexibility index (Phi) is 5.29. The van der Waals surface area contributed by atoms with Crippen LogP contribution in [0.4, 0.5) is 4.39 Å². The third kappa shape index (κ3) is 4.89. The SMILES string of the molecule is O=C(O)c1cc(F)cc(COCCOc2ccccc2)c1. The van der Waals surface area contributed by atoms with Crippen molar-refractivity contribution in [2.75, 3.05) is 13.2 Å². The maximum atomic E-state index is 13.2. The molecule has 0 saturated carbocycles. The van der Waals surface area contributed by atoms with Crippen LogP contribution in [0.5, 0.6) is 5.75 Å². The first kappa shape index (κ1) is 15.0. The highest BCUT2D eigenvalue weighted by Gasteiger charge is 2.07. The van der Waals surface area contributed by atoms with E-state index in [1.54, 1.807) is 0 Å². The third-order valence-corrected chi connectivity index (χ3v) is 2.71. The molecule has 1 N–H and O–H groups in total. The summed E-state index contributed by atoms with van der Waals surface area (Å²) in [6.45, 7) is 0.828. The van der Waals surface area contributed by atoms with Crippen LogP contribution in [0.3, 0.4) is 0 Å². The number of ether oxygens (including phenoxy) is 2. The normalized spacial score (nSPS) is 10.3. The molecule has 2 rings (SSSR count). The van der Waals surface area contributed by atoms with Gasteiger partial charge in [0.05, 0.1) is 18.8 Å². The number of carboxylic acid groups (broad SMARTS) is 1. The number of halogens is 1. The molecule has 0 aliphatic rings. The van der Waals surface area contributed by atoms with Gasteiger partial charge in [-0.15, -0.1) is 0 Å². The molecule has 4 nitrogen and oxygen atoms in total. The Morgan fingerprint density at radius 2 is 1.86 bits per heavy atom. The van der Waals surface area contributed by atoms with Crippen molar-refractivity contribution in [2.24, 2.45) is 0 Å². The number of carbonyl (C=O) groups is 1. The molecule has 2 aromatic rings. The van der Waals surface area contributed by atoms with Gasteiger partial charge in [0.1, 0.15) is 18.2 Å². The molecule has 5 heteroatoms. The van der Waals surface area contributed by atoms with Crippen molar-refractivity contribution in [1.82, 2.24) is 0 Å². The summed E-state index contributed by atoms with van der Waals surface area (Å²) in [6, 6.07) is 12.9. The summed E-state index contributed by atoms with van der Waals surface area (Å²) in [4.78, 5) is 10.8. The van der Waals surface area contributed by atoms with Crippen molar-refractivity contribution in [1.29, 1.82) is 0 Å². The van der Waals surface area contributed by atoms with Gasteiger partial charge in [-0.25, -0.2) is 9.18 Å². The monoisotopic (exact) mass is 290 g/mol. The van der Waals surface area contributed by atoms with Crippen LogP contribution in [0.15, 0.2) is 48.5 Å². The van der Waals surface area contributed by atoms with E-state index in [1.807, 2.05) is 30.3 Å². The Labute approximate surface area is 121 Å². The van der Waals surface area contributed by atoms with Gasteiger partial charge in [-0.05, 0) is 35.9 Å². The van der Waals surface area contributed by atoms with Gasteiger partial charge in [0.2, 0.25) is 0 Å². The first-order valence-electron chi connectivity index (χ1n) is 6.43. The minimum absolute atomic E-state index is 0.0888. The first-order valence-corrected chi connectivity index (χ1v) is 6.43. The molecule has 0 heterocycles. The van der Waals surface area contributed by atoms with Crippen molar-refractivity contribution in [3.05, 3.63) is 65.5 Å². The topological polar surface area (TPSA) is 55.8 Å². The van der Waals surface area contributed by atoms with Gasteiger partial charge >= 0.3 is 5.97 Å². The predicted molar refractivity (Wildman–Crippen MR) is 75.0 cm³/mol. The zero-order valence-electron chi connectivity index (χ0n) is 11.3. The molecule has 0 saturated heterocycles. The average Bonchev–Trinajstić information content (AvgIpc) is 2.47. The van der Waals surface area contributed by atoms with E-state index in [0.29, 0.717) is 18.8 Å². The minimum atomic E-state index is -1.16. The van der Waals surface area contributed by atoms with Crippen molar-refractivity contribution in [3.63, 3.8) is 0 Å². The molecule has 0 aliphatic heterocycles. The molecular formula is C16H15FO4. The highest BCUT2D eigenvalue weighted by atomic mass is 19.1. The van der Waals surface area contributed by atoms with Crippen LogP contribution in [0.1, 0.15) is 15.9 Å². The van der Waals surface area contributed by atoms with Crippen LogP contribution in [-0.2, 0) is 11.3 Å². The molecule has 0 aliphatic carbocycles. The fourth-order valence-corrected chi connectivity index (χ4v) is 1.78. The Balaban J connectivity index is 1.77. The van der Waals surface area contributed by atoms with E-state index >= 15 is 0 Å². The number of aromatic carboxylic acids is 1. The Bertz CT molecular complexity index is 598. The Morgan fingerprint density at radius 3 is 2.57 bits per heavy atom. The lowest BCUT2D eigenvalue weighted by Gasteiger charge is -2.08. The fourth-order valence-electron chi connectivity index (χ4n) is 1.78. The number of rotatable bonds is 7. The summed E-state index contributed by atoms with van der Waals surface area (Å²) in [6.07, 6.45) is 0. The number of hydrogen-bond acceptors (Lipinski definition) is 3. The van der Waals surface area contributed by atoms with Crippen LogP contribution in [0.2, 0.25) is 0 Å². The standard InChI is InChI=1S/C16H15FO4/c17-14-9-12(8-13(10-14)16(18)19)11-20-6-7-21-15-4-2-1-3-5-15/h1-5,8-10H,6-7,11H2,(H,18,19). The van der Waals surface area contributed by atoms with E-state index in [1.165, 1.54) is 12.1 Å². The molecule has 0 aromatic heterocycles. The quantitative estimate of drug-likeness (QED) is 0.796. The Morgan fingerprint density at radius 1 is 1.10 bits per heavy atom. The maximum Gasteiger partial charge on any atom is 0.335 e. The van der Waals surface area contributed by atoms with E-state index < -0.39 is 11.8 Å². The van der Waals surface area contributed by atoms with E-state index in [-0.39, 0.29) is 12.2 Å². The minimum Gasteiger partial charge on any atom is -0.491 e. The summed E-state index contributed by atoms with van der Waals surface area (Å²) in [5.74, 6) is -1.00. The molecule has 0 unspecified atom stereocenters. The molecule has 0 spiro atoms. The summed E-state index contributed by atoms with van der Waals surface area (Å²) in [7, 11) is 0. The molecule has 0 atom stereocenters. The molecule has 2 aromatic carbocycles. The highest BCUT2D eigenvalue weighted by molar-refractivity contribution is 5.87. The van der Waals surface area contributed by atoms with Gasteiger partial charge in [-0.2, -0.15) is 0 Å². The second-order valence-corrected chi connectivity index (χ2v) is 4.37. The van der Waals surface area contributed by atoms with E-state index in [2.05, 4.69) is 0 Å². The van der Waals surface area contributed by atoms with Crippen molar-refractivity contribution < 1.29 is 23.8 Å². The average molecular weight is 290 g/mol. The zero-order chi connectivity index (χ0) is 15.1. The van der Waals surface area contributed by atoms with Gasteiger partial charge in [0.25, 0.3) is 0 Å². The van der Waals surface area contributed by atoms with Crippen molar-refractivity contribution in [3.8, 4) is 5.75 Å². The number of para-hydroxylation sites is 1. The van der Waals surface area contributed by atoms with Gasteiger partial charge in [-0.1, -0.05) is 18.2 Å². The largest absolute Gasteiger partial charge is 0.491 e. The third-order valence-electron chi connectivity index (χ3n) is 2.71. The summed E-state index contributed by atoms with van der Waals surface area (Å²) < 4.78 is 24.0. The highest BCUT2D eigenvalue weighted by Crippen LogP contribution is 2.11. The van der Waals surface area contributed by atoms with Crippen molar-refractivity contribution >= 4 is 5.97 Å². The molecule has 0 radical (unpaired) electrons. The van der Waals surface area contributed by atoms with E-state index in [0.717, 1.165) is 11.8 Å². The van der Waals surface area contributed by atoms with Crippen molar-refractivity contribution in [2.45, 2.75) is 6.61 Å². The zero-order valence-corrected chi connectivity index (χ0v) is 11.3. The van der Waals surface area contributed by atoms with Crippen LogP contribution in [0.25, 0.3) is 0 Å². The first-order chi connectivity index (χ1) is 10.1. The molecule has 0 fully saturated rings. The van der Waals surface area contributed by atoms with E-state index in [9.17, 15) is 9.18 Å². The molecule has 21 heavy (non-hydrogen) atoms.